The molecule has 0 N–H and O–H groups in total. The number of nitrogens with zero attached hydrogens (tertiary/aromatic N) is 1. The van der Waals surface area contributed by atoms with Gasteiger partial charge in [-0.05, 0) is 123 Å². The van der Waals surface area contributed by atoms with E-state index >= 15 is 0 Å². The first kappa shape index (κ1) is 29.9. The van der Waals surface area contributed by atoms with E-state index in [4.69, 9.17) is 0 Å². The summed E-state index contributed by atoms with van der Waals surface area (Å²) in [4.78, 5) is 29.0. The molecule has 1 saturated carbocycles. The van der Waals surface area contributed by atoms with Gasteiger partial charge < -0.3 is 4.90 Å². The smallest absolute Gasteiger partial charge is 0.167 e. The van der Waals surface area contributed by atoms with Gasteiger partial charge in [0.05, 0.1) is 0 Å². The lowest BCUT2D eigenvalue weighted by molar-refractivity contribution is 0.0819. The Morgan fingerprint density at radius 3 is 2.17 bits per heavy atom. The summed E-state index contributed by atoms with van der Waals surface area (Å²) in [6.45, 7) is 12.4. The van der Waals surface area contributed by atoms with Gasteiger partial charge in [-0.2, -0.15) is 0 Å². The number of carbonyl (C=O) groups is 2. The first-order valence-corrected chi connectivity index (χ1v) is 15.7. The fourth-order valence-electron chi connectivity index (χ4n) is 7.17. The maximum absolute atomic E-state index is 13.5. The lowest BCUT2D eigenvalue weighted by Crippen LogP contribution is -2.35. The number of aryl methyl sites for hydroxylation is 1. The molecule has 0 atom stereocenters. The van der Waals surface area contributed by atoms with Crippen LogP contribution in [0.4, 0.5) is 0 Å². The van der Waals surface area contributed by atoms with Crippen molar-refractivity contribution in [2.24, 2.45) is 17.8 Å². The molecule has 2 aliphatic rings. The summed E-state index contributed by atoms with van der Waals surface area (Å²) in [5.74, 6) is 2.19. The molecular formula is C39H45NO2. The maximum atomic E-state index is 13.5. The van der Waals surface area contributed by atoms with E-state index in [1.165, 1.54) is 44.3 Å². The summed E-state index contributed by atoms with van der Waals surface area (Å²) in [5, 5.41) is 0. The number of Topliss-reactive ketones (excluding diaryl/α,β-unsaturated/α-hetero) is 2. The Labute approximate surface area is 252 Å². The molecule has 0 spiro atoms. The van der Waals surface area contributed by atoms with Crippen LogP contribution in [0.5, 0.6) is 0 Å². The van der Waals surface area contributed by atoms with Gasteiger partial charge in [-0.1, -0.05) is 79.9 Å². The van der Waals surface area contributed by atoms with Gasteiger partial charge in [0.15, 0.2) is 11.6 Å². The van der Waals surface area contributed by atoms with E-state index < -0.39 is 0 Å². The minimum atomic E-state index is 0.103. The van der Waals surface area contributed by atoms with Gasteiger partial charge in [-0.15, -0.1) is 0 Å². The van der Waals surface area contributed by atoms with Gasteiger partial charge >= 0.3 is 0 Å². The van der Waals surface area contributed by atoms with E-state index in [1.807, 2.05) is 42.5 Å². The molecule has 1 aliphatic heterocycles. The number of benzene rings is 3. The second-order valence-electron chi connectivity index (χ2n) is 12.6. The fourth-order valence-corrected chi connectivity index (χ4v) is 7.17. The third kappa shape index (κ3) is 6.90. The predicted octanol–water partition coefficient (Wildman–Crippen LogP) is 8.63. The number of likely N-dealkylation sites (tertiary alicyclic amines) is 1. The van der Waals surface area contributed by atoms with Gasteiger partial charge in [0, 0.05) is 23.5 Å². The second kappa shape index (κ2) is 13.6. The standard InChI is InChI=1S/C39H45NO2/c1-5-29-9-7-8-10-37(29)38(41)26-34-12-11-28(23-27(34)3)24-35-17-18-36(25-30(35)6-2)39(42)33-15-13-31(14-16-33)32-19-21-40(4)22-20-32/h5-12,17-18,23,25,31-33H,1-2,13-16,19-22,24,26H2,3-4H3. The number of rotatable bonds is 10. The molecule has 1 saturated heterocycles. The average Bonchev–Trinajstić information content (AvgIpc) is 3.02. The Morgan fingerprint density at radius 2 is 1.48 bits per heavy atom. The number of ketones is 2. The van der Waals surface area contributed by atoms with Gasteiger partial charge in [0.1, 0.15) is 0 Å². The van der Waals surface area contributed by atoms with Crippen molar-refractivity contribution in [1.82, 2.24) is 4.90 Å². The van der Waals surface area contributed by atoms with E-state index in [0.717, 1.165) is 64.5 Å². The van der Waals surface area contributed by atoms with Gasteiger partial charge in [0.25, 0.3) is 0 Å². The van der Waals surface area contributed by atoms with Crippen molar-refractivity contribution in [3.63, 3.8) is 0 Å². The van der Waals surface area contributed by atoms with Crippen LogP contribution in [0, 0.1) is 24.7 Å². The summed E-state index contributed by atoms with van der Waals surface area (Å²) in [6.07, 6.45) is 11.8. The van der Waals surface area contributed by atoms with Gasteiger partial charge in [0.2, 0.25) is 0 Å². The van der Waals surface area contributed by atoms with Crippen molar-refractivity contribution < 1.29 is 9.59 Å². The fraction of sp³-hybridized carbons (Fsp3) is 0.385. The maximum Gasteiger partial charge on any atom is 0.167 e. The van der Waals surface area contributed by atoms with Crippen LogP contribution < -0.4 is 0 Å². The van der Waals surface area contributed by atoms with Crippen LogP contribution in [0.2, 0.25) is 0 Å². The summed E-state index contributed by atoms with van der Waals surface area (Å²) in [6, 6.07) is 20.2. The zero-order chi connectivity index (χ0) is 29.6. The van der Waals surface area contributed by atoms with Gasteiger partial charge in [-0.25, -0.2) is 0 Å². The van der Waals surface area contributed by atoms with E-state index in [9.17, 15) is 9.59 Å². The van der Waals surface area contributed by atoms with Crippen LogP contribution in [-0.4, -0.2) is 36.6 Å². The Kier molecular flexibility index (Phi) is 9.69. The predicted molar refractivity (Wildman–Crippen MR) is 175 cm³/mol. The molecule has 42 heavy (non-hydrogen) atoms. The monoisotopic (exact) mass is 559 g/mol. The topological polar surface area (TPSA) is 37.4 Å². The van der Waals surface area contributed by atoms with Crippen LogP contribution in [0.25, 0.3) is 12.2 Å². The first-order chi connectivity index (χ1) is 20.4. The molecule has 0 radical (unpaired) electrons. The zero-order valence-electron chi connectivity index (χ0n) is 25.4. The first-order valence-electron chi connectivity index (χ1n) is 15.7. The number of piperidine rings is 1. The highest BCUT2D eigenvalue weighted by atomic mass is 16.1. The Morgan fingerprint density at radius 1 is 0.810 bits per heavy atom. The number of hydrogen-bond acceptors (Lipinski definition) is 3. The molecule has 5 rings (SSSR count). The van der Waals surface area contributed by atoms with Crippen LogP contribution in [-0.2, 0) is 12.8 Å². The molecule has 0 bridgehead atoms. The zero-order valence-corrected chi connectivity index (χ0v) is 25.4. The molecule has 2 fully saturated rings. The van der Waals surface area contributed by atoms with Crippen molar-refractivity contribution in [3.8, 4) is 0 Å². The second-order valence-corrected chi connectivity index (χ2v) is 12.6. The highest BCUT2D eigenvalue weighted by molar-refractivity contribution is 6.00. The van der Waals surface area contributed by atoms with Gasteiger partial charge in [-0.3, -0.25) is 9.59 Å². The Bertz CT molecular complexity index is 1450. The lowest BCUT2D eigenvalue weighted by atomic mass is 9.71. The highest BCUT2D eigenvalue weighted by Crippen LogP contribution is 2.39. The minimum Gasteiger partial charge on any atom is -0.306 e. The van der Waals surface area contributed by atoms with Crippen molar-refractivity contribution in [3.05, 3.63) is 118 Å². The molecule has 3 nitrogen and oxygen atoms in total. The van der Waals surface area contributed by atoms with E-state index in [2.05, 4.69) is 56.3 Å². The molecular weight excluding hydrogens is 514 g/mol. The van der Waals surface area contributed by atoms with E-state index in [-0.39, 0.29) is 11.7 Å². The van der Waals surface area contributed by atoms with Crippen molar-refractivity contribution in [1.29, 1.82) is 0 Å². The van der Waals surface area contributed by atoms with Crippen LogP contribution >= 0.6 is 0 Å². The van der Waals surface area contributed by atoms with Crippen LogP contribution in [0.3, 0.4) is 0 Å². The summed E-state index contributed by atoms with van der Waals surface area (Å²) >= 11 is 0. The van der Waals surface area contributed by atoms with E-state index in [1.54, 1.807) is 6.08 Å². The largest absolute Gasteiger partial charge is 0.306 e. The van der Waals surface area contributed by atoms with Crippen molar-refractivity contribution in [2.75, 3.05) is 20.1 Å². The number of hydrogen-bond donors (Lipinski definition) is 0. The minimum absolute atomic E-state index is 0.103. The third-order valence-electron chi connectivity index (χ3n) is 9.86. The number of carbonyl (C=O) groups excluding carboxylic acids is 2. The molecule has 0 unspecified atom stereocenters. The molecule has 0 amide bonds. The summed E-state index contributed by atoms with van der Waals surface area (Å²) in [5.41, 5.74) is 7.93. The Balaban J connectivity index is 1.21. The quantitative estimate of drug-likeness (QED) is 0.233. The van der Waals surface area contributed by atoms with Crippen molar-refractivity contribution >= 4 is 23.7 Å². The SMILES string of the molecule is C=Cc1cc(C(=O)C2CCC(C3CCN(C)CC3)CC2)ccc1Cc1ccc(CC(=O)c2ccccc2C=C)c(C)c1. The Hall–Kier alpha value is -3.56. The highest BCUT2D eigenvalue weighted by Gasteiger charge is 2.32. The summed E-state index contributed by atoms with van der Waals surface area (Å²) in [7, 11) is 2.22. The molecule has 3 aromatic rings. The van der Waals surface area contributed by atoms with Crippen molar-refractivity contribution in [2.45, 2.75) is 58.3 Å². The van der Waals surface area contributed by atoms with Crippen LogP contribution in [0.1, 0.15) is 92.6 Å². The molecule has 1 aliphatic carbocycles. The molecule has 3 aromatic carbocycles. The average molecular weight is 560 g/mol. The summed E-state index contributed by atoms with van der Waals surface area (Å²) < 4.78 is 0. The normalized spacial score (nSPS) is 19.8. The molecule has 1 heterocycles. The lowest BCUT2D eigenvalue weighted by Gasteiger charge is -2.37. The third-order valence-corrected chi connectivity index (χ3v) is 9.86. The molecule has 0 aromatic heterocycles. The van der Waals surface area contributed by atoms with E-state index in [0.29, 0.717) is 17.8 Å². The molecule has 3 heteroatoms. The van der Waals surface area contributed by atoms with Crippen LogP contribution in [0.15, 0.2) is 73.8 Å². The molecule has 218 valence electrons.